The number of anilines is 1. The molecule has 0 unspecified atom stereocenters. The quantitative estimate of drug-likeness (QED) is 0.667. The molecule has 0 spiro atoms. The Hall–Kier alpha value is -3.07. The standard InChI is InChI=1S/C20H20FN5O2S/c1-3-16-23-24-20-26(16)25-17(12-7-9-13(21)10-8-12)18(29-20)19(27)22-14-5-4-6-15(11-14)28-2/h4-11,17-18,25H,3H2,1-2H3,(H,22,27)/t17-,18+/m0/s1. The first kappa shape index (κ1) is 19.3. The van der Waals surface area contributed by atoms with Gasteiger partial charge in [-0.25, -0.2) is 9.07 Å². The van der Waals surface area contributed by atoms with Crippen LogP contribution in [0.2, 0.25) is 0 Å². The summed E-state index contributed by atoms with van der Waals surface area (Å²) in [4.78, 5) is 13.2. The number of nitrogens with one attached hydrogen (secondary N) is 2. The first-order chi connectivity index (χ1) is 14.1. The van der Waals surface area contributed by atoms with Crippen molar-refractivity contribution in [3.63, 3.8) is 0 Å². The maximum absolute atomic E-state index is 13.4. The Morgan fingerprint density at radius 3 is 2.79 bits per heavy atom. The van der Waals surface area contributed by atoms with Gasteiger partial charge in [-0.1, -0.05) is 36.9 Å². The molecular weight excluding hydrogens is 393 g/mol. The molecule has 4 rings (SSSR count). The Morgan fingerprint density at radius 2 is 2.07 bits per heavy atom. The van der Waals surface area contributed by atoms with Gasteiger partial charge in [0.05, 0.1) is 13.2 Å². The number of amides is 1. The second-order valence-corrected chi connectivity index (χ2v) is 7.61. The average Bonchev–Trinajstić information content (AvgIpc) is 3.15. The Morgan fingerprint density at radius 1 is 1.28 bits per heavy atom. The summed E-state index contributed by atoms with van der Waals surface area (Å²) < 4.78 is 20.5. The highest BCUT2D eigenvalue weighted by Gasteiger charge is 2.37. The summed E-state index contributed by atoms with van der Waals surface area (Å²) in [7, 11) is 1.57. The predicted molar refractivity (Wildman–Crippen MR) is 109 cm³/mol. The van der Waals surface area contributed by atoms with Crippen molar-refractivity contribution < 1.29 is 13.9 Å². The van der Waals surface area contributed by atoms with E-state index in [1.165, 1.54) is 23.9 Å². The molecule has 2 atom stereocenters. The highest BCUT2D eigenvalue weighted by Crippen LogP contribution is 2.37. The van der Waals surface area contributed by atoms with Crippen LogP contribution in [0.25, 0.3) is 0 Å². The number of aryl methyl sites for hydroxylation is 1. The molecule has 0 saturated carbocycles. The Balaban J connectivity index is 1.65. The van der Waals surface area contributed by atoms with Crippen LogP contribution in [0.4, 0.5) is 10.1 Å². The van der Waals surface area contributed by atoms with Crippen LogP contribution in [-0.2, 0) is 11.2 Å². The highest BCUT2D eigenvalue weighted by molar-refractivity contribution is 8.00. The van der Waals surface area contributed by atoms with Gasteiger partial charge in [-0.05, 0) is 29.8 Å². The fraction of sp³-hybridized carbons (Fsp3) is 0.250. The van der Waals surface area contributed by atoms with E-state index >= 15 is 0 Å². The third-order valence-electron chi connectivity index (χ3n) is 4.64. The summed E-state index contributed by atoms with van der Waals surface area (Å²) in [5.74, 6) is 0.900. The number of nitrogens with zero attached hydrogens (tertiary/aromatic N) is 3. The summed E-state index contributed by atoms with van der Waals surface area (Å²) in [5, 5.41) is 11.4. The van der Waals surface area contributed by atoms with Crippen molar-refractivity contribution in [2.24, 2.45) is 0 Å². The van der Waals surface area contributed by atoms with Crippen LogP contribution in [0.1, 0.15) is 24.4 Å². The van der Waals surface area contributed by atoms with Crippen molar-refractivity contribution in [1.29, 1.82) is 0 Å². The molecule has 0 radical (unpaired) electrons. The largest absolute Gasteiger partial charge is 0.497 e. The van der Waals surface area contributed by atoms with Crippen molar-refractivity contribution in [2.75, 3.05) is 17.9 Å². The molecule has 1 aromatic heterocycles. The van der Waals surface area contributed by atoms with Crippen LogP contribution < -0.4 is 15.5 Å². The molecular formula is C20H20FN5O2S. The van der Waals surface area contributed by atoms with Gasteiger partial charge in [-0.2, -0.15) is 0 Å². The number of fused-ring (bicyclic) bond motifs is 1. The van der Waals surface area contributed by atoms with E-state index in [-0.39, 0.29) is 17.8 Å². The zero-order valence-corrected chi connectivity index (χ0v) is 16.7. The molecule has 1 aliphatic rings. The lowest BCUT2D eigenvalue weighted by atomic mass is 10.0. The fourth-order valence-electron chi connectivity index (χ4n) is 3.16. The molecule has 2 aromatic carbocycles. The molecule has 150 valence electrons. The number of methoxy groups -OCH3 is 1. The third kappa shape index (κ3) is 3.91. The van der Waals surface area contributed by atoms with E-state index in [4.69, 9.17) is 4.74 Å². The van der Waals surface area contributed by atoms with Gasteiger partial charge in [0.2, 0.25) is 11.1 Å². The lowest BCUT2D eigenvalue weighted by Gasteiger charge is -2.33. The molecule has 0 bridgehead atoms. The number of carbonyl (C=O) groups excluding carboxylic acids is 1. The summed E-state index contributed by atoms with van der Waals surface area (Å²) in [6, 6.07) is 12.9. The van der Waals surface area contributed by atoms with Gasteiger partial charge in [0.25, 0.3) is 0 Å². The molecule has 7 nitrogen and oxygen atoms in total. The fourth-order valence-corrected chi connectivity index (χ4v) is 4.26. The van der Waals surface area contributed by atoms with E-state index in [1.807, 2.05) is 19.1 Å². The minimum absolute atomic E-state index is 0.197. The highest BCUT2D eigenvalue weighted by atomic mass is 32.2. The maximum atomic E-state index is 13.4. The molecule has 3 aromatic rings. The zero-order valence-electron chi connectivity index (χ0n) is 15.9. The third-order valence-corrected chi connectivity index (χ3v) is 5.86. The normalized spacial score (nSPS) is 17.9. The van der Waals surface area contributed by atoms with Gasteiger partial charge >= 0.3 is 0 Å². The maximum Gasteiger partial charge on any atom is 0.240 e. The van der Waals surface area contributed by atoms with E-state index in [0.717, 1.165) is 11.4 Å². The number of thioether (sulfide) groups is 1. The number of ether oxygens (including phenoxy) is 1. The minimum Gasteiger partial charge on any atom is -0.497 e. The summed E-state index contributed by atoms with van der Waals surface area (Å²) >= 11 is 1.33. The van der Waals surface area contributed by atoms with Crippen LogP contribution in [0.5, 0.6) is 5.75 Å². The Bertz CT molecular complexity index is 1020. The van der Waals surface area contributed by atoms with Gasteiger partial charge in [0.1, 0.15) is 16.8 Å². The van der Waals surface area contributed by atoms with Gasteiger partial charge in [-0.15, -0.1) is 10.2 Å². The van der Waals surface area contributed by atoms with Gasteiger partial charge in [0.15, 0.2) is 5.82 Å². The number of carbonyl (C=O) groups is 1. The van der Waals surface area contributed by atoms with Crippen molar-refractivity contribution in [3.8, 4) is 5.75 Å². The van der Waals surface area contributed by atoms with Crippen molar-refractivity contribution in [3.05, 3.63) is 65.7 Å². The van der Waals surface area contributed by atoms with Crippen LogP contribution in [0.3, 0.4) is 0 Å². The summed E-state index contributed by atoms with van der Waals surface area (Å²) in [6.07, 6.45) is 0.692. The minimum atomic E-state index is -0.534. The van der Waals surface area contributed by atoms with E-state index in [2.05, 4.69) is 20.9 Å². The molecule has 2 N–H and O–H groups in total. The number of aromatic nitrogens is 3. The number of rotatable bonds is 5. The Labute approximate surface area is 171 Å². The van der Waals surface area contributed by atoms with Gasteiger partial charge in [-0.3, -0.25) is 4.79 Å². The van der Waals surface area contributed by atoms with Crippen LogP contribution >= 0.6 is 11.8 Å². The van der Waals surface area contributed by atoms with E-state index in [1.54, 1.807) is 36.1 Å². The average molecular weight is 413 g/mol. The van der Waals surface area contributed by atoms with Crippen molar-refractivity contribution >= 4 is 23.4 Å². The molecule has 0 saturated heterocycles. The monoisotopic (exact) mass is 413 g/mol. The van der Waals surface area contributed by atoms with Gasteiger partial charge in [0, 0.05) is 18.2 Å². The SMILES string of the molecule is CCc1nnc2n1N[C@@H](c1ccc(F)cc1)[C@H](C(=O)Nc1cccc(OC)c1)S2. The molecule has 0 aliphatic carbocycles. The second-order valence-electron chi connectivity index (χ2n) is 6.51. The summed E-state index contributed by atoms with van der Waals surface area (Å²) in [6.45, 7) is 1.98. The first-order valence-electron chi connectivity index (χ1n) is 9.17. The van der Waals surface area contributed by atoms with Crippen LogP contribution in [0.15, 0.2) is 53.7 Å². The summed E-state index contributed by atoms with van der Waals surface area (Å²) in [5.41, 5.74) is 4.77. The van der Waals surface area contributed by atoms with Crippen molar-refractivity contribution in [1.82, 2.24) is 14.9 Å². The van der Waals surface area contributed by atoms with Crippen LogP contribution in [-0.4, -0.2) is 33.1 Å². The van der Waals surface area contributed by atoms with Crippen molar-refractivity contribution in [2.45, 2.75) is 29.8 Å². The number of benzene rings is 2. The predicted octanol–water partition coefficient (Wildman–Crippen LogP) is 3.39. The number of hydrogen-bond acceptors (Lipinski definition) is 6. The molecule has 1 amide bonds. The molecule has 0 fully saturated rings. The molecule has 2 heterocycles. The Kier molecular flexibility index (Phi) is 5.39. The smallest absolute Gasteiger partial charge is 0.240 e. The van der Waals surface area contributed by atoms with Gasteiger partial charge < -0.3 is 15.5 Å². The molecule has 9 heteroatoms. The number of hydrogen-bond donors (Lipinski definition) is 2. The lowest BCUT2D eigenvalue weighted by Crippen LogP contribution is -2.41. The van der Waals surface area contributed by atoms with E-state index in [0.29, 0.717) is 23.0 Å². The van der Waals surface area contributed by atoms with E-state index in [9.17, 15) is 9.18 Å². The lowest BCUT2D eigenvalue weighted by molar-refractivity contribution is -0.116. The second kappa shape index (κ2) is 8.12. The first-order valence-corrected chi connectivity index (χ1v) is 10.0. The molecule has 1 aliphatic heterocycles. The molecule has 29 heavy (non-hydrogen) atoms. The number of halogens is 1. The van der Waals surface area contributed by atoms with E-state index < -0.39 is 5.25 Å². The van der Waals surface area contributed by atoms with Crippen LogP contribution in [0, 0.1) is 5.82 Å². The zero-order chi connectivity index (χ0) is 20.4. The topological polar surface area (TPSA) is 81.1 Å².